The van der Waals surface area contributed by atoms with Crippen molar-refractivity contribution in [1.29, 1.82) is 0 Å². The highest BCUT2D eigenvalue weighted by atomic mass is 127. The first-order valence-corrected chi connectivity index (χ1v) is 10.4. The van der Waals surface area contributed by atoms with Crippen LogP contribution in [-0.4, -0.2) is 60.5 Å². The summed E-state index contributed by atoms with van der Waals surface area (Å²) in [6.45, 7) is 8.52. The van der Waals surface area contributed by atoms with Gasteiger partial charge in [-0.2, -0.15) is 0 Å². The van der Waals surface area contributed by atoms with Crippen LogP contribution in [-0.2, 0) is 10.8 Å². The van der Waals surface area contributed by atoms with Gasteiger partial charge in [0.2, 0.25) is 0 Å². The van der Waals surface area contributed by atoms with E-state index < -0.39 is 10.8 Å². The average Bonchev–Trinajstić information content (AvgIpc) is 3.08. The zero-order valence-corrected chi connectivity index (χ0v) is 20.1. The highest BCUT2D eigenvalue weighted by Crippen LogP contribution is 2.30. The largest absolute Gasteiger partial charge is 0.495 e. The summed E-state index contributed by atoms with van der Waals surface area (Å²) in [7, 11) is 2.61. The Morgan fingerprint density at radius 2 is 2.07 bits per heavy atom. The van der Waals surface area contributed by atoms with Crippen molar-refractivity contribution in [2.75, 3.05) is 44.4 Å². The van der Waals surface area contributed by atoms with E-state index in [2.05, 4.69) is 26.6 Å². The zero-order chi connectivity index (χ0) is 19.2. The predicted octanol–water partition coefficient (Wildman–Crippen LogP) is 2.60. The van der Waals surface area contributed by atoms with Gasteiger partial charge in [0.1, 0.15) is 5.75 Å². The number of nitrogens with zero attached hydrogens (tertiary/aromatic N) is 2. The lowest BCUT2D eigenvalue weighted by molar-refractivity contribution is 0.415. The van der Waals surface area contributed by atoms with Crippen molar-refractivity contribution in [1.82, 2.24) is 10.6 Å². The molecule has 1 heterocycles. The molecule has 0 radical (unpaired) electrons. The number of para-hydroxylation sites is 2. The molecule has 2 rings (SSSR count). The molecule has 27 heavy (non-hydrogen) atoms. The van der Waals surface area contributed by atoms with Crippen LogP contribution in [0.15, 0.2) is 29.3 Å². The Labute approximate surface area is 183 Å². The lowest BCUT2D eigenvalue weighted by atomic mass is 10.2. The molecule has 0 aromatic heterocycles. The molecule has 1 saturated heterocycles. The summed E-state index contributed by atoms with van der Waals surface area (Å²) in [5.74, 6) is 2.28. The van der Waals surface area contributed by atoms with Crippen LogP contribution in [0.5, 0.6) is 5.75 Å². The Hall–Kier alpha value is -1.03. The van der Waals surface area contributed by atoms with E-state index in [1.54, 1.807) is 14.2 Å². The van der Waals surface area contributed by atoms with E-state index in [1.165, 1.54) is 0 Å². The van der Waals surface area contributed by atoms with Crippen LogP contribution >= 0.6 is 24.0 Å². The van der Waals surface area contributed by atoms with Crippen LogP contribution in [0.1, 0.15) is 27.2 Å². The first kappa shape index (κ1) is 24.0. The van der Waals surface area contributed by atoms with Crippen molar-refractivity contribution >= 4 is 46.4 Å². The van der Waals surface area contributed by atoms with Crippen molar-refractivity contribution in [3.8, 4) is 5.75 Å². The van der Waals surface area contributed by atoms with E-state index in [1.807, 2.05) is 39.0 Å². The summed E-state index contributed by atoms with van der Waals surface area (Å²) in [4.78, 5) is 6.63. The molecular formula is C19H33IN4O2S. The number of benzene rings is 1. The minimum atomic E-state index is -0.861. The molecule has 1 aliphatic rings. The van der Waals surface area contributed by atoms with Crippen molar-refractivity contribution in [2.24, 2.45) is 4.99 Å². The normalized spacial score (nSPS) is 18.6. The van der Waals surface area contributed by atoms with Crippen LogP contribution in [0.4, 0.5) is 5.69 Å². The fourth-order valence-electron chi connectivity index (χ4n) is 2.94. The van der Waals surface area contributed by atoms with Gasteiger partial charge in [-0.15, -0.1) is 24.0 Å². The van der Waals surface area contributed by atoms with Gasteiger partial charge in [-0.05, 0) is 39.3 Å². The van der Waals surface area contributed by atoms with Crippen molar-refractivity contribution < 1.29 is 8.95 Å². The number of rotatable bonds is 6. The second-order valence-corrected chi connectivity index (χ2v) is 9.73. The van der Waals surface area contributed by atoms with E-state index in [-0.39, 0.29) is 28.7 Å². The number of nitrogens with one attached hydrogen (secondary N) is 2. The molecule has 2 unspecified atom stereocenters. The second-order valence-electron chi connectivity index (χ2n) is 7.41. The molecule has 6 nitrogen and oxygen atoms in total. The highest BCUT2D eigenvalue weighted by molar-refractivity contribution is 14.0. The Morgan fingerprint density at radius 3 is 2.70 bits per heavy atom. The van der Waals surface area contributed by atoms with Gasteiger partial charge in [0.25, 0.3) is 0 Å². The molecule has 2 atom stereocenters. The third kappa shape index (κ3) is 7.14. The Morgan fingerprint density at radius 1 is 1.37 bits per heavy atom. The molecule has 0 amide bonds. The number of aliphatic imine (C=N–C) groups is 1. The van der Waals surface area contributed by atoms with Crippen molar-refractivity contribution in [2.45, 2.75) is 38.0 Å². The summed E-state index contributed by atoms with van der Waals surface area (Å²) in [5.41, 5.74) is 1.13. The summed E-state index contributed by atoms with van der Waals surface area (Å²) in [6, 6.07) is 8.43. The summed E-state index contributed by atoms with van der Waals surface area (Å²) in [5, 5.41) is 6.75. The van der Waals surface area contributed by atoms with Gasteiger partial charge in [-0.1, -0.05) is 12.1 Å². The minimum absolute atomic E-state index is 0. The molecule has 0 saturated carbocycles. The van der Waals surface area contributed by atoms with Crippen molar-refractivity contribution in [3.63, 3.8) is 0 Å². The lowest BCUT2D eigenvalue weighted by Gasteiger charge is -2.22. The van der Waals surface area contributed by atoms with Gasteiger partial charge in [-0.3, -0.25) is 9.20 Å². The van der Waals surface area contributed by atoms with Crippen LogP contribution < -0.4 is 20.3 Å². The molecule has 8 heteroatoms. The lowest BCUT2D eigenvalue weighted by Crippen LogP contribution is -2.46. The fraction of sp³-hybridized carbons (Fsp3) is 0.632. The quantitative estimate of drug-likeness (QED) is 0.352. The number of halogens is 1. The first-order chi connectivity index (χ1) is 12.3. The monoisotopic (exact) mass is 508 g/mol. The number of ether oxygens (including phenoxy) is 1. The van der Waals surface area contributed by atoms with Crippen LogP contribution in [0.3, 0.4) is 0 Å². The maximum Gasteiger partial charge on any atom is 0.191 e. The summed E-state index contributed by atoms with van der Waals surface area (Å²) >= 11 is 0. The Bertz CT molecular complexity index is 649. The number of anilines is 1. The molecule has 1 fully saturated rings. The standard InChI is InChI=1S/C19H32N4O2S.HI/c1-19(2,3)26(24)13-11-21-18(20-4)22-15-10-12-23(14-15)16-8-6-7-9-17(16)25-5;/h6-9,15H,10-14H2,1-5H3,(H2,20,21,22);1H. The van der Waals surface area contributed by atoms with Gasteiger partial charge < -0.3 is 20.3 Å². The molecule has 1 aliphatic heterocycles. The number of guanidine groups is 1. The molecule has 1 aromatic rings. The fourth-order valence-corrected chi connectivity index (χ4v) is 3.84. The number of hydrogen-bond acceptors (Lipinski definition) is 4. The number of hydrogen-bond donors (Lipinski definition) is 2. The van der Waals surface area contributed by atoms with E-state index in [4.69, 9.17) is 4.74 Å². The number of methoxy groups -OCH3 is 1. The third-order valence-corrected chi connectivity index (χ3v) is 6.38. The SMILES string of the molecule is CN=C(NCCS(=O)C(C)(C)C)NC1CCN(c2ccccc2OC)C1.I. The zero-order valence-electron chi connectivity index (χ0n) is 16.9. The smallest absolute Gasteiger partial charge is 0.191 e. The van der Waals surface area contributed by atoms with Gasteiger partial charge in [-0.25, -0.2) is 0 Å². The van der Waals surface area contributed by atoms with Gasteiger partial charge >= 0.3 is 0 Å². The molecule has 154 valence electrons. The van der Waals surface area contributed by atoms with Crippen molar-refractivity contribution in [3.05, 3.63) is 24.3 Å². The maximum atomic E-state index is 12.1. The van der Waals surface area contributed by atoms with Gasteiger partial charge in [0.15, 0.2) is 5.96 Å². The second kappa shape index (κ2) is 11.1. The Balaban J connectivity index is 0.00000364. The topological polar surface area (TPSA) is 66.0 Å². The summed E-state index contributed by atoms with van der Waals surface area (Å²) < 4.78 is 17.4. The van der Waals surface area contributed by atoms with Crippen LogP contribution in [0, 0.1) is 0 Å². The predicted molar refractivity (Wildman–Crippen MR) is 126 cm³/mol. The minimum Gasteiger partial charge on any atom is -0.495 e. The average molecular weight is 508 g/mol. The highest BCUT2D eigenvalue weighted by Gasteiger charge is 2.25. The summed E-state index contributed by atoms with van der Waals surface area (Å²) in [6.07, 6.45) is 1.03. The van der Waals surface area contributed by atoms with E-state index in [0.717, 1.165) is 36.9 Å². The first-order valence-electron chi connectivity index (χ1n) is 9.08. The molecule has 0 bridgehead atoms. The van der Waals surface area contributed by atoms with Crippen LogP contribution in [0.2, 0.25) is 0 Å². The van der Waals surface area contributed by atoms with Crippen LogP contribution in [0.25, 0.3) is 0 Å². The van der Waals surface area contributed by atoms with E-state index >= 15 is 0 Å². The van der Waals surface area contributed by atoms with Gasteiger partial charge in [0.05, 0.1) is 12.8 Å². The maximum absolute atomic E-state index is 12.1. The molecule has 1 aromatic carbocycles. The van der Waals surface area contributed by atoms with E-state index in [0.29, 0.717) is 18.3 Å². The van der Waals surface area contributed by atoms with E-state index in [9.17, 15) is 4.21 Å². The molecule has 2 N–H and O–H groups in total. The Kier molecular flexibility index (Phi) is 9.86. The third-order valence-electron chi connectivity index (χ3n) is 4.44. The molecular weight excluding hydrogens is 475 g/mol. The molecule has 0 spiro atoms. The van der Waals surface area contributed by atoms with Gasteiger partial charge in [0, 0.05) is 54.0 Å². The molecule has 0 aliphatic carbocycles.